The van der Waals surface area contributed by atoms with Gasteiger partial charge < -0.3 is 24.4 Å². The van der Waals surface area contributed by atoms with Gasteiger partial charge in [0.25, 0.3) is 5.69 Å². The zero-order valence-corrected chi connectivity index (χ0v) is 21.4. The van der Waals surface area contributed by atoms with Crippen molar-refractivity contribution < 1.29 is 9.66 Å². The number of aryl methyl sites for hydroxylation is 1. The average Bonchev–Trinajstić information content (AvgIpc) is 3.32. The normalized spacial score (nSPS) is 17.7. The highest BCUT2D eigenvalue weighted by atomic mass is 32.1. The van der Waals surface area contributed by atoms with Gasteiger partial charge in [-0.05, 0) is 76.1 Å². The zero-order chi connectivity index (χ0) is 25.3. The lowest BCUT2D eigenvalue weighted by Crippen LogP contribution is -2.35. The summed E-state index contributed by atoms with van der Waals surface area (Å²) < 4.78 is 7.16. The van der Waals surface area contributed by atoms with Gasteiger partial charge in [-0.2, -0.15) is 0 Å². The zero-order valence-electron chi connectivity index (χ0n) is 20.6. The van der Waals surface area contributed by atoms with Crippen molar-refractivity contribution in [1.29, 1.82) is 0 Å². The van der Waals surface area contributed by atoms with E-state index in [2.05, 4.69) is 26.2 Å². The van der Waals surface area contributed by atoms with E-state index in [4.69, 9.17) is 17.0 Å². The van der Waals surface area contributed by atoms with E-state index >= 15 is 0 Å². The van der Waals surface area contributed by atoms with Gasteiger partial charge in [-0.3, -0.25) is 15.1 Å². The van der Waals surface area contributed by atoms with Crippen molar-refractivity contribution in [3.63, 3.8) is 0 Å². The highest BCUT2D eigenvalue weighted by Crippen LogP contribution is 2.42. The van der Waals surface area contributed by atoms with Gasteiger partial charge in [-0.15, -0.1) is 0 Å². The molecule has 0 radical (unpaired) electrons. The molecule has 184 valence electrons. The summed E-state index contributed by atoms with van der Waals surface area (Å²) in [5.41, 5.74) is 4.25. The molecule has 1 saturated heterocycles. The predicted octanol–water partition coefficient (Wildman–Crippen LogP) is 3.94. The molecule has 1 fully saturated rings. The van der Waals surface area contributed by atoms with Gasteiger partial charge in [0.05, 0.1) is 35.9 Å². The highest BCUT2D eigenvalue weighted by molar-refractivity contribution is 7.80. The molecule has 3 heterocycles. The minimum absolute atomic E-state index is 0.0106. The number of benzene rings is 1. The third kappa shape index (κ3) is 4.71. The van der Waals surface area contributed by atoms with E-state index in [0.717, 1.165) is 35.7 Å². The molecule has 4 rings (SSSR count). The first-order chi connectivity index (χ1) is 16.7. The van der Waals surface area contributed by atoms with Crippen LogP contribution in [0.5, 0.6) is 5.75 Å². The molecule has 35 heavy (non-hydrogen) atoms. The summed E-state index contributed by atoms with van der Waals surface area (Å²) in [5, 5.41) is 16.1. The second kappa shape index (κ2) is 10.0. The molecule has 1 aliphatic heterocycles. The Morgan fingerprint density at radius 1 is 1.23 bits per heavy atom. The number of nitrogens with one attached hydrogen (secondary N) is 1. The number of hydrogen-bond donors (Lipinski definition) is 1. The van der Waals surface area contributed by atoms with Crippen LogP contribution in [0.15, 0.2) is 48.7 Å². The molecule has 2 atom stereocenters. The van der Waals surface area contributed by atoms with E-state index in [-0.39, 0.29) is 22.7 Å². The Kier molecular flexibility index (Phi) is 7.04. The molecule has 0 spiro atoms. The van der Waals surface area contributed by atoms with E-state index in [9.17, 15) is 10.1 Å². The van der Waals surface area contributed by atoms with Crippen molar-refractivity contribution >= 4 is 23.0 Å². The highest BCUT2D eigenvalue weighted by Gasteiger charge is 2.41. The van der Waals surface area contributed by atoms with Crippen LogP contribution in [0, 0.1) is 24.0 Å². The third-order valence-corrected chi connectivity index (χ3v) is 6.75. The first kappa shape index (κ1) is 24.6. The molecule has 0 bridgehead atoms. The SMILES string of the molecule is COc1ccc(-n2c(C)cc([C@@H]3[C@H](c4ccccn4)NC(=S)N3CCN(C)C)c2C)c([N+](=O)[O-])c1. The standard InChI is InChI=1S/C25H30N6O3S/c1-16-14-19(17(2)30(16)21-10-9-18(34-5)15-22(21)31(32)33)24-23(20-8-6-7-11-26-20)27-25(35)29(24)13-12-28(3)4/h6-11,14-15,23-24H,12-13H2,1-5H3,(H,27,35)/t23-,24+/m0/s1. The van der Waals surface area contributed by atoms with E-state index in [0.29, 0.717) is 16.5 Å². The number of thiocarbonyl (C=S) groups is 1. The summed E-state index contributed by atoms with van der Waals surface area (Å²) in [4.78, 5) is 20.5. The molecule has 10 heteroatoms. The summed E-state index contributed by atoms with van der Waals surface area (Å²) in [6, 6.07) is 12.6. The maximum absolute atomic E-state index is 11.9. The van der Waals surface area contributed by atoms with Crippen molar-refractivity contribution in [2.24, 2.45) is 0 Å². The Balaban J connectivity index is 1.85. The van der Waals surface area contributed by atoms with Gasteiger partial charge >= 0.3 is 0 Å². The average molecular weight is 495 g/mol. The van der Waals surface area contributed by atoms with Crippen LogP contribution in [-0.2, 0) is 0 Å². The number of nitrogens with zero attached hydrogens (tertiary/aromatic N) is 5. The molecule has 1 aliphatic rings. The van der Waals surface area contributed by atoms with Gasteiger partial charge in [0, 0.05) is 30.7 Å². The van der Waals surface area contributed by atoms with Crippen LogP contribution in [0.25, 0.3) is 5.69 Å². The molecule has 2 aromatic heterocycles. The van der Waals surface area contributed by atoms with Gasteiger partial charge in [0.2, 0.25) is 0 Å². The van der Waals surface area contributed by atoms with Crippen LogP contribution in [0.4, 0.5) is 5.69 Å². The number of ether oxygens (including phenoxy) is 1. The number of methoxy groups -OCH3 is 1. The topological polar surface area (TPSA) is 88.7 Å². The van der Waals surface area contributed by atoms with Crippen molar-refractivity contribution in [3.05, 3.63) is 81.4 Å². The number of pyridine rings is 1. The quantitative estimate of drug-likeness (QED) is 0.286. The van der Waals surface area contributed by atoms with E-state index in [1.165, 1.54) is 13.2 Å². The summed E-state index contributed by atoms with van der Waals surface area (Å²) in [5.74, 6) is 0.443. The molecule has 0 aliphatic carbocycles. The summed E-state index contributed by atoms with van der Waals surface area (Å²) in [6.07, 6.45) is 1.78. The van der Waals surface area contributed by atoms with Crippen LogP contribution in [0.1, 0.15) is 34.7 Å². The Morgan fingerprint density at radius 2 is 2.00 bits per heavy atom. The predicted molar refractivity (Wildman–Crippen MR) is 139 cm³/mol. The van der Waals surface area contributed by atoms with Gasteiger partial charge in [0.1, 0.15) is 11.4 Å². The maximum atomic E-state index is 11.9. The Bertz CT molecular complexity index is 1240. The third-order valence-electron chi connectivity index (χ3n) is 6.39. The molecule has 0 unspecified atom stereocenters. The van der Waals surface area contributed by atoms with Gasteiger partial charge in [-0.25, -0.2) is 0 Å². The van der Waals surface area contributed by atoms with Crippen molar-refractivity contribution in [1.82, 2.24) is 24.7 Å². The summed E-state index contributed by atoms with van der Waals surface area (Å²) in [7, 11) is 5.57. The molecule has 3 aromatic rings. The summed E-state index contributed by atoms with van der Waals surface area (Å²) >= 11 is 5.76. The fraction of sp³-hybridized carbons (Fsp3) is 0.360. The second-order valence-corrected chi connectivity index (χ2v) is 9.28. The van der Waals surface area contributed by atoms with Crippen LogP contribution in [-0.4, -0.2) is 63.7 Å². The second-order valence-electron chi connectivity index (χ2n) is 8.90. The Morgan fingerprint density at radius 3 is 2.63 bits per heavy atom. The molecule has 1 N–H and O–H groups in total. The maximum Gasteiger partial charge on any atom is 0.296 e. The largest absolute Gasteiger partial charge is 0.496 e. The number of hydrogen-bond acceptors (Lipinski definition) is 6. The number of likely N-dealkylation sites (N-methyl/N-ethyl adjacent to an activating group) is 1. The monoisotopic (exact) mass is 494 g/mol. The minimum atomic E-state index is -0.372. The number of nitro groups is 1. The Labute approximate surface area is 210 Å². The first-order valence-corrected chi connectivity index (χ1v) is 11.8. The van der Waals surface area contributed by atoms with Crippen LogP contribution >= 0.6 is 12.2 Å². The van der Waals surface area contributed by atoms with Crippen molar-refractivity contribution in [2.75, 3.05) is 34.3 Å². The van der Waals surface area contributed by atoms with Crippen LogP contribution in [0.2, 0.25) is 0 Å². The molecule has 1 aromatic carbocycles. The van der Waals surface area contributed by atoms with Crippen LogP contribution in [0.3, 0.4) is 0 Å². The smallest absolute Gasteiger partial charge is 0.296 e. The fourth-order valence-electron chi connectivity index (χ4n) is 4.72. The number of nitro benzene ring substituents is 1. The number of aromatic nitrogens is 2. The molecule has 9 nitrogen and oxygen atoms in total. The van der Waals surface area contributed by atoms with Gasteiger partial charge in [0.15, 0.2) is 5.11 Å². The molecular formula is C25H30N6O3S. The van der Waals surface area contributed by atoms with Gasteiger partial charge in [-0.1, -0.05) is 6.07 Å². The lowest BCUT2D eigenvalue weighted by Gasteiger charge is -2.29. The molecule has 0 saturated carbocycles. The molecule has 0 amide bonds. The molecular weight excluding hydrogens is 464 g/mol. The minimum Gasteiger partial charge on any atom is -0.496 e. The van der Waals surface area contributed by atoms with Crippen molar-refractivity contribution in [3.8, 4) is 11.4 Å². The van der Waals surface area contributed by atoms with E-state index < -0.39 is 0 Å². The van der Waals surface area contributed by atoms with Crippen molar-refractivity contribution in [2.45, 2.75) is 25.9 Å². The van der Waals surface area contributed by atoms with E-state index in [1.54, 1.807) is 18.3 Å². The Hall–Kier alpha value is -3.50. The van der Waals surface area contributed by atoms with Crippen LogP contribution < -0.4 is 10.1 Å². The van der Waals surface area contributed by atoms with E-state index in [1.807, 2.05) is 50.7 Å². The fourth-order valence-corrected chi connectivity index (χ4v) is 5.05. The first-order valence-electron chi connectivity index (χ1n) is 11.4. The number of rotatable bonds is 8. The summed E-state index contributed by atoms with van der Waals surface area (Å²) in [6.45, 7) is 5.53. The lowest BCUT2D eigenvalue weighted by atomic mass is 9.96. The lowest BCUT2D eigenvalue weighted by molar-refractivity contribution is -0.384.